The molecular formula is C9H6F3NO. The van der Waals surface area contributed by atoms with Crippen LogP contribution in [0.1, 0.15) is 16.7 Å². The van der Waals surface area contributed by atoms with Crippen molar-refractivity contribution in [2.45, 2.75) is 12.8 Å². The van der Waals surface area contributed by atoms with Crippen LogP contribution in [0.3, 0.4) is 0 Å². The molecule has 0 amide bonds. The lowest BCUT2D eigenvalue weighted by Crippen LogP contribution is -2.06. The normalized spacial score (nSPS) is 11.1. The zero-order chi connectivity index (χ0) is 10.8. The molecule has 74 valence electrons. The maximum atomic E-state index is 12.2. The molecular weight excluding hydrogens is 195 g/mol. The molecule has 0 saturated heterocycles. The smallest absolute Gasteiger partial charge is 0.392 e. The van der Waals surface area contributed by atoms with Crippen molar-refractivity contribution in [1.82, 2.24) is 0 Å². The standard InChI is InChI=1S/C9H6F3NO/c10-9(11,12)8-2-1-6(4-13)7(3-8)5-14/h1-3,14H,5H2. The minimum absolute atomic E-state index is 0.0117. The first kappa shape index (κ1) is 10.5. The van der Waals surface area contributed by atoms with Crippen molar-refractivity contribution >= 4 is 0 Å². The lowest BCUT2D eigenvalue weighted by Gasteiger charge is -2.08. The molecule has 0 aliphatic heterocycles. The molecule has 5 heteroatoms. The second-order valence-corrected chi connectivity index (χ2v) is 2.64. The summed E-state index contributed by atoms with van der Waals surface area (Å²) in [6, 6.07) is 4.34. The van der Waals surface area contributed by atoms with Crippen LogP contribution in [0, 0.1) is 11.3 Å². The van der Waals surface area contributed by atoms with Gasteiger partial charge in [0.05, 0.1) is 23.8 Å². The van der Waals surface area contributed by atoms with Crippen LogP contribution in [0.5, 0.6) is 0 Å². The number of benzene rings is 1. The zero-order valence-electron chi connectivity index (χ0n) is 6.97. The van der Waals surface area contributed by atoms with E-state index in [1.807, 2.05) is 0 Å². The average Bonchev–Trinajstić information content (AvgIpc) is 2.15. The van der Waals surface area contributed by atoms with Crippen molar-refractivity contribution < 1.29 is 18.3 Å². The Labute approximate surface area is 78.2 Å². The number of nitrogens with zero attached hydrogens (tertiary/aromatic N) is 1. The summed E-state index contributed by atoms with van der Waals surface area (Å²) in [6.45, 7) is -0.577. The summed E-state index contributed by atoms with van der Waals surface area (Å²) in [5.41, 5.74) is -0.816. The Hall–Kier alpha value is -1.54. The van der Waals surface area contributed by atoms with Gasteiger partial charge in [0, 0.05) is 0 Å². The summed E-state index contributed by atoms with van der Waals surface area (Å²) in [4.78, 5) is 0. The molecule has 0 radical (unpaired) electrons. The van der Waals surface area contributed by atoms with Crippen molar-refractivity contribution in [1.29, 1.82) is 5.26 Å². The molecule has 14 heavy (non-hydrogen) atoms. The van der Waals surface area contributed by atoms with E-state index in [0.29, 0.717) is 0 Å². The molecule has 0 spiro atoms. The molecule has 1 rings (SSSR count). The van der Waals surface area contributed by atoms with Crippen LogP contribution in [0.25, 0.3) is 0 Å². The van der Waals surface area contributed by atoms with Crippen molar-refractivity contribution in [3.05, 3.63) is 34.9 Å². The van der Waals surface area contributed by atoms with Gasteiger partial charge >= 0.3 is 6.18 Å². The molecule has 1 N–H and O–H groups in total. The van der Waals surface area contributed by atoms with E-state index in [0.717, 1.165) is 18.2 Å². The van der Waals surface area contributed by atoms with Crippen LogP contribution in [0.4, 0.5) is 13.2 Å². The van der Waals surface area contributed by atoms with Gasteiger partial charge in [0.25, 0.3) is 0 Å². The summed E-state index contributed by atoms with van der Waals surface area (Å²) in [6.07, 6.45) is -4.45. The molecule has 0 saturated carbocycles. The first-order valence-electron chi connectivity index (χ1n) is 3.70. The van der Waals surface area contributed by atoms with Crippen molar-refractivity contribution in [2.24, 2.45) is 0 Å². The van der Waals surface area contributed by atoms with Crippen molar-refractivity contribution in [3.8, 4) is 6.07 Å². The van der Waals surface area contributed by atoms with Gasteiger partial charge in [0.1, 0.15) is 0 Å². The molecule has 0 bridgehead atoms. The van der Waals surface area contributed by atoms with E-state index in [4.69, 9.17) is 10.4 Å². The molecule has 0 aliphatic carbocycles. The molecule has 0 unspecified atom stereocenters. The number of hydrogen-bond donors (Lipinski definition) is 1. The van der Waals surface area contributed by atoms with Crippen LogP contribution in [0.2, 0.25) is 0 Å². The van der Waals surface area contributed by atoms with E-state index >= 15 is 0 Å². The van der Waals surface area contributed by atoms with Crippen molar-refractivity contribution in [2.75, 3.05) is 0 Å². The fraction of sp³-hybridized carbons (Fsp3) is 0.222. The largest absolute Gasteiger partial charge is 0.416 e. The summed E-state index contributed by atoms with van der Waals surface area (Å²) in [5.74, 6) is 0. The molecule has 0 aromatic heterocycles. The minimum atomic E-state index is -4.45. The van der Waals surface area contributed by atoms with E-state index in [1.165, 1.54) is 0 Å². The predicted molar refractivity (Wildman–Crippen MR) is 42.1 cm³/mol. The fourth-order valence-electron chi connectivity index (χ4n) is 1.01. The van der Waals surface area contributed by atoms with Crippen LogP contribution in [0.15, 0.2) is 18.2 Å². The highest BCUT2D eigenvalue weighted by atomic mass is 19.4. The Bertz CT molecular complexity index is 379. The molecule has 0 atom stereocenters. The second kappa shape index (κ2) is 3.68. The third-order valence-electron chi connectivity index (χ3n) is 1.72. The maximum absolute atomic E-state index is 12.2. The van der Waals surface area contributed by atoms with Crippen molar-refractivity contribution in [3.63, 3.8) is 0 Å². The summed E-state index contributed by atoms with van der Waals surface area (Å²) < 4.78 is 36.5. The van der Waals surface area contributed by atoms with Gasteiger partial charge in [0.2, 0.25) is 0 Å². The SMILES string of the molecule is N#Cc1ccc(C(F)(F)F)cc1CO. The summed E-state index contributed by atoms with van der Waals surface area (Å²) in [5, 5.41) is 17.2. The number of hydrogen-bond acceptors (Lipinski definition) is 2. The van der Waals surface area contributed by atoms with Gasteiger partial charge in [-0.3, -0.25) is 0 Å². The predicted octanol–water partition coefficient (Wildman–Crippen LogP) is 2.07. The Morgan fingerprint density at radius 1 is 1.36 bits per heavy atom. The highest BCUT2D eigenvalue weighted by Crippen LogP contribution is 2.30. The zero-order valence-corrected chi connectivity index (χ0v) is 6.97. The first-order valence-corrected chi connectivity index (χ1v) is 3.70. The molecule has 1 aromatic carbocycles. The number of rotatable bonds is 1. The number of halogens is 3. The van der Waals surface area contributed by atoms with Crippen LogP contribution in [-0.2, 0) is 12.8 Å². The number of nitriles is 1. The lowest BCUT2D eigenvalue weighted by molar-refractivity contribution is -0.137. The summed E-state index contributed by atoms with van der Waals surface area (Å²) in [7, 11) is 0. The molecule has 0 fully saturated rings. The molecule has 2 nitrogen and oxygen atoms in total. The third-order valence-corrected chi connectivity index (χ3v) is 1.72. The highest BCUT2D eigenvalue weighted by Gasteiger charge is 2.30. The number of alkyl halides is 3. The molecule has 0 heterocycles. The maximum Gasteiger partial charge on any atom is 0.416 e. The van der Waals surface area contributed by atoms with Crippen LogP contribution >= 0.6 is 0 Å². The Balaban J connectivity index is 3.23. The van der Waals surface area contributed by atoms with Gasteiger partial charge in [-0.05, 0) is 23.8 Å². The topological polar surface area (TPSA) is 44.0 Å². The summed E-state index contributed by atoms with van der Waals surface area (Å²) >= 11 is 0. The van der Waals surface area contributed by atoms with Crippen LogP contribution < -0.4 is 0 Å². The monoisotopic (exact) mass is 201 g/mol. The Kier molecular flexibility index (Phi) is 2.77. The second-order valence-electron chi connectivity index (χ2n) is 2.64. The van der Waals surface area contributed by atoms with E-state index in [1.54, 1.807) is 6.07 Å². The molecule has 0 aliphatic rings. The van der Waals surface area contributed by atoms with Crippen LogP contribution in [-0.4, -0.2) is 5.11 Å². The van der Waals surface area contributed by atoms with E-state index in [-0.39, 0.29) is 11.1 Å². The first-order chi connectivity index (χ1) is 6.49. The van der Waals surface area contributed by atoms with Gasteiger partial charge in [-0.25, -0.2) is 0 Å². The fourth-order valence-corrected chi connectivity index (χ4v) is 1.01. The van der Waals surface area contributed by atoms with Gasteiger partial charge in [-0.1, -0.05) is 0 Å². The highest BCUT2D eigenvalue weighted by molar-refractivity contribution is 5.40. The Morgan fingerprint density at radius 2 is 2.00 bits per heavy atom. The Morgan fingerprint density at radius 3 is 2.43 bits per heavy atom. The quantitative estimate of drug-likeness (QED) is 0.755. The molecule has 1 aromatic rings. The van der Waals surface area contributed by atoms with Gasteiger partial charge in [-0.15, -0.1) is 0 Å². The lowest BCUT2D eigenvalue weighted by atomic mass is 10.1. The average molecular weight is 201 g/mol. The van der Waals surface area contributed by atoms with Gasteiger partial charge in [-0.2, -0.15) is 18.4 Å². The minimum Gasteiger partial charge on any atom is -0.392 e. The number of aliphatic hydroxyl groups excluding tert-OH is 1. The van der Waals surface area contributed by atoms with E-state index < -0.39 is 18.3 Å². The van der Waals surface area contributed by atoms with E-state index in [2.05, 4.69) is 0 Å². The van der Waals surface area contributed by atoms with Gasteiger partial charge < -0.3 is 5.11 Å². The number of aliphatic hydroxyl groups is 1. The third kappa shape index (κ3) is 2.03. The van der Waals surface area contributed by atoms with Gasteiger partial charge in [0.15, 0.2) is 0 Å². The van der Waals surface area contributed by atoms with E-state index in [9.17, 15) is 13.2 Å².